The van der Waals surface area contributed by atoms with Crippen LogP contribution in [0.5, 0.6) is 0 Å². The van der Waals surface area contributed by atoms with Crippen LogP contribution in [0.1, 0.15) is 11.1 Å². The standard InChI is InChI=1S/C23H17Cl2N5O3S/c24-17-6-2-1-5-16(17)13-29-20-8-4-3-7-19(20)27-23(29)34-14-22(31)28-26-12-15-9-10-18(25)21(11-15)30(32)33/h1-12H,13-14H2,(H,28,31)/b26-12+. The number of nitro benzene ring substituents is 1. The molecule has 0 spiro atoms. The van der Waals surface area contributed by atoms with Crippen LogP contribution in [-0.2, 0) is 11.3 Å². The molecule has 0 radical (unpaired) electrons. The molecule has 0 aliphatic heterocycles. The number of nitrogens with one attached hydrogen (secondary N) is 1. The average molecular weight is 514 g/mol. The molecule has 172 valence electrons. The maximum Gasteiger partial charge on any atom is 0.288 e. The van der Waals surface area contributed by atoms with Gasteiger partial charge in [0.25, 0.3) is 11.6 Å². The Bertz CT molecular complexity index is 1410. The third kappa shape index (κ3) is 5.56. The van der Waals surface area contributed by atoms with Crippen molar-refractivity contribution in [2.75, 3.05) is 5.75 Å². The van der Waals surface area contributed by atoms with E-state index in [1.165, 1.54) is 30.1 Å². The molecule has 0 atom stereocenters. The van der Waals surface area contributed by atoms with Crippen molar-refractivity contribution < 1.29 is 9.72 Å². The first-order chi connectivity index (χ1) is 16.4. The van der Waals surface area contributed by atoms with Gasteiger partial charge in [0.1, 0.15) is 5.02 Å². The average Bonchev–Trinajstić information content (AvgIpc) is 3.17. The normalized spacial score (nSPS) is 11.2. The van der Waals surface area contributed by atoms with Crippen molar-refractivity contribution in [3.8, 4) is 0 Å². The Morgan fingerprint density at radius 2 is 1.88 bits per heavy atom. The van der Waals surface area contributed by atoms with Crippen molar-refractivity contribution in [3.63, 3.8) is 0 Å². The predicted octanol–water partition coefficient (Wildman–Crippen LogP) is 5.54. The lowest BCUT2D eigenvalue weighted by Crippen LogP contribution is -2.20. The predicted molar refractivity (Wildman–Crippen MR) is 135 cm³/mol. The number of aromatic nitrogens is 2. The zero-order valence-electron chi connectivity index (χ0n) is 17.5. The molecule has 0 fully saturated rings. The quantitative estimate of drug-likeness (QED) is 0.144. The summed E-state index contributed by atoms with van der Waals surface area (Å²) in [4.78, 5) is 27.4. The Balaban J connectivity index is 1.45. The molecule has 0 unspecified atom stereocenters. The van der Waals surface area contributed by atoms with E-state index in [-0.39, 0.29) is 22.4 Å². The number of thioether (sulfide) groups is 1. The number of amides is 1. The van der Waals surface area contributed by atoms with Crippen LogP contribution < -0.4 is 5.43 Å². The van der Waals surface area contributed by atoms with Crippen LogP contribution in [0, 0.1) is 10.1 Å². The van der Waals surface area contributed by atoms with Gasteiger partial charge in [-0.25, -0.2) is 10.4 Å². The van der Waals surface area contributed by atoms with E-state index >= 15 is 0 Å². The highest BCUT2D eigenvalue weighted by molar-refractivity contribution is 7.99. The molecule has 1 aromatic heterocycles. The lowest BCUT2D eigenvalue weighted by Gasteiger charge is -2.10. The highest BCUT2D eigenvalue weighted by atomic mass is 35.5. The van der Waals surface area contributed by atoms with Gasteiger partial charge in [-0.15, -0.1) is 0 Å². The monoisotopic (exact) mass is 513 g/mol. The SMILES string of the molecule is O=C(CSc1nc2ccccc2n1Cc1ccccc1Cl)N/N=C/c1ccc(Cl)c([N+](=O)[O-])c1. The van der Waals surface area contributed by atoms with Crippen molar-refractivity contribution in [2.45, 2.75) is 11.7 Å². The van der Waals surface area contributed by atoms with E-state index in [9.17, 15) is 14.9 Å². The van der Waals surface area contributed by atoms with E-state index in [2.05, 4.69) is 15.5 Å². The molecule has 0 saturated carbocycles. The summed E-state index contributed by atoms with van der Waals surface area (Å²) < 4.78 is 2.02. The number of nitro groups is 1. The number of fused-ring (bicyclic) bond motifs is 1. The number of nitrogens with zero attached hydrogens (tertiary/aromatic N) is 4. The zero-order chi connectivity index (χ0) is 24.1. The number of hydrogen-bond donors (Lipinski definition) is 1. The summed E-state index contributed by atoms with van der Waals surface area (Å²) >= 11 is 13.4. The number of imidazole rings is 1. The number of hydrazone groups is 1. The molecule has 0 bridgehead atoms. The number of benzene rings is 3. The Morgan fingerprint density at radius 3 is 2.68 bits per heavy atom. The van der Waals surface area contributed by atoms with Crippen LogP contribution in [0.4, 0.5) is 5.69 Å². The summed E-state index contributed by atoms with van der Waals surface area (Å²) in [6, 6.07) is 19.6. The minimum absolute atomic E-state index is 0.0299. The Morgan fingerprint density at radius 1 is 1.12 bits per heavy atom. The van der Waals surface area contributed by atoms with Gasteiger partial charge in [-0.05, 0) is 29.8 Å². The number of carbonyl (C=O) groups is 1. The van der Waals surface area contributed by atoms with Crippen LogP contribution in [-0.4, -0.2) is 32.3 Å². The van der Waals surface area contributed by atoms with Gasteiger partial charge in [-0.3, -0.25) is 14.9 Å². The molecule has 3 aromatic carbocycles. The van der Waals surface area contributed by atoms with Crippen molar-refractivity contribution in [3.05, 3.63) is 98.0 Å². The number of para-hydroxylation sites is 2. The molecule has 0 saturated heterocycles. The minimum atomic E-state index is -0.580. The second-order valence-corrected chi connectivity index (χ2v) is 8.87. The molecule has 0 aliphatic rings. The van der Waals surface area contributed by atoms with Gasteiger partial charge < -0.3 is 4.57 Å². The highest BCUT2D eigenvalue weighted by Gasteiger charge is 2.15. The fourth-order valence-corrected chi connectivity index (χ4v) is 4.39. The third-order valence-electron chi connectivity index (χ3n) is 4.81. The van der Waals surface area contributed by atoms with Crippen LogP contribution in [0.15, 0.2) is 77.0 Å². The van der Waals surface area contributed by atoms with Gasteiger partial charge in [-0.1, -0.05) is 71.4 Å². The van der Waals surface area contributed by atoms with E-state index in [1.807, 2.05) is 53.1 Å². The second kappa shape index (κ2) is 10.7. The molecule has 1 heterocycles. The Kier molecular flexibility index (Phi) is 7.46. The zero-order valence-corrected chi connectivity index (χ0v) is 19.8. The lowest BCUT2D eigenvalue weighted by molar-refractivity contribution is -0.384. The number of rotatable bonds is 8. The molecular formula is C23H17Cl2N5O3S. The van der Waals surface area contributed by atoms with Gasteiger partial charge in [0, 0.05) is 16.7 Å². The van der Waals surface area contributed by atoms with Gasteiger partial charge in [-0.2, -0.15) is 5.10 Å². The molecule has 1 amide bonds. The van der Waals surface area contributed by atoms with Crippen molar-refractivity contribution in [2.24, 2.45) is 5.10 Å². The van der Waals surface area contributed by atoms with Crippen molar-refractivity contribution in [1.82, 2.24) is 15.0 Å². The van der Waals surface area contributed by atoms with Gasteiger partial charge in [0.15, 0.2) is 5.16 Å². The maximum atomic E-state index is 12.3. The van der Waals surface area contributed by atoms with Gasteiger partial charge in [0.2, 0.25) is 0 Å². The first kappa shape index (κ1) is 23.7. The Hall–Kier alpha value is -3.40. The second-order valence-electron chi connectivity index (χ2n) is 7.11. The van der Waals surface area contributed by atoms with E-state index in [4.69, 9.17) is 23.2 Å². The Labute approximate surface area is 208 Å². The summed E-state index contributed by atoms with van der Waals surface area (Å²) in [5.74, 6) is -0.273. The fraction of sp³-hybridized carbons (Fsp3) is 0.0870. The fourth-order valence-electron chi connectivity index (χ4n) is 3.20. The first-order valence-corrected chi connectivity index (χ1v) is 11.7. The number of carbonyl (C=O) groups excluding carboxylic acids is 1. The summed E-state index contributed by atoms with van der Waals surface area (Å²) in [5, 5.41) is 16.2. The molecule has 4 aromatic rings. The topological polar surface area (TPSA) is 102 Å². The van der Waals surface area contributed by atoms with E-state index in [1.54, 1.807) is 6.07 Å². The molecular weight excluding hydrogens is 497 g/mol. The van der Waals surface area contributed by atoms with Crippen molar-refractivity contribution >= 4 is 63.8 Å². The minimum Gasteiger partial charge on any atom is -0.314 e. The number of hydrogen-bond acceptors (Lipinski definition) is 6. The largest absolute Gasteiger partial charge is 0.314 e. The van der Waals surface area contributed by atoms with Crippen LogP contribution >= 0.6 is 35.0 Å². The van der Waals surface area contributed by atoms with Gasteiger partial charge in [0.05, 0.1) is 34.5 Å². The first-order valence-electron chi connectivity index (χ1n) is 9.99. The third-order valence-corrected chi connectivity index (χ3v) is 6.47. The van der Waals surface area contributed by atoms with Crippen molar-refractivity contribution in [1.29, 1.82) is 0 Å². The number of halogens is 2. The summed E-state index contributed by atoms with van der Waals surface area (Å²) in [7, 11) is 0. The maximum absolute atomic E-state index is 12.3. The van der Waals surface area contributed by atoms with Crippen LogP contribution in [0.25, 0.3) is 11.0 Å². The summed E-state index contributed by atoms with van der Waals surface area (Å²) in [6.45, 7) is 0.512. The molecule has 34 heavy (non-hydrogen) atoms. The summed E-state index contributed by atoms with van der Waals surface area (Å²) in [5.41, 5.74) is 5.33. The smallest absolute Gasteiger partial charge is 0.288 e. The van der Waals surface area contributed by atoms with Crippen LogP contribution in [0.2, 0.25) is 10.0 Å². The molecule has 1 N–H and O–H groups in total. The summed E-state index contributed by atoms with van der Waals surface area (Å²) in [6.07, 6.45) is 1.32. The highest BCUT2D eigenvalue weighted by Crippen LogP contribution is 2.27. The van der Waals surface area contributed by atoms with E-state index in [0.717, 1.165) is 16.6 Å². The molecule has 0 aliphatic carbocycles. The van der Waals surface area contributed by atoms with E-state index in [0.29, 0.717) is 22.3 Å². The molecule has 4 rings (SSSR count). The lowest BCUT2D eigenvalue weighted by atomic mass is 10.2. The van der Waals surface area contributed by atoms with Crippen LogP contribution in [0.3, 0.4) is 0 Å². The van der Waals surface area contributed by atoms with E-state index < -0.39 is 4.92 Å². The molecule has 11 heteroatoms. The molecule has 8 nitrogen and oxygen atoms in total. The van der Waals surface area contributed by atoms with Gasteiger partial charge >= 0.3 is 0 Å².